The van der Waals surface area contributed by atoms with Gasteiger partial charge in [-0.1, -0.05) is 35.1 Å². The van der Waals surface area contributed by atoms with E-state index < -0.39 is 5.82 Å². The van der Waals surface area contributed by atoms with Crippen LogP contribution in [0.1, 0.15) is 27.9 Å². The zero-order valence-electron chi connectivity index (χ0n) is 9.61. The number of rotatable bonds is 4. The van der Waals surface area contributed by atoms with Crippen LogP contribution >= 0.6 is 23.1 Å². The van der Waals surface area contributed by atoms with Crippen LogP contribution in [-0.2, 0) is 12.8 Å². The van der Waals surface area contributed by atoms with Crippen LogP contribution in [0, 0.1) is 5.82 Å². The number of benzene rings is 1. The normalized spacial score (nSPS) is 10.6. The lowest BCUT2D eigenvalue weighted by Gasteiger charge is -2.03. The highest BCUT2D eigenvalue weighted by atomic mass is 35.5. The predicted octanol–water partition coefficient (Wildman–Crippen LogP) is 3.32. The standard InChI is InChI=1S/C12H10ClFN2OS/c1-2-9-12(18-16-15-9)10(17)6-7-4-3-5-8(13)11(7)14/h3-5H,2,6H2,1H3. The van der Waals surface area contributed by atoms with Crippen LogP contribution in [-0.4, -0.2) is 15.4 Å². The minimum absolute atomic E-state index is 0.0245. The lowest BCUT2D eigenvalue weighted by molar-refractivity contribution is 0.0994. The minimum Gasteiger partial charge on any atom is -0.293 e. The molecular formula is C12H10ClFN2OS. The topological polar surface area (TPSA) is 42.9 Å². The summed E-state index contributed by atoms with van der Waals surface area (Å²) in [6, 6.07) is 4.63. The van der Waals surface area contributed by atoms with Crippen LogP contribution < -0.4 is 0 Å². The first kappa shape index (κ1) is 13.1. The summed E-state index contributed by atoms with van der Waals surface area (Å²) < 4.78 is 17.4. The van der Waals surface area contributed by atoms with Gasteiger partial charge in [0, 0.05) is 6.42 Å². The van der Waals surface area contributed by atoms with Crippen molar-refractivity contribution in [3.63, 3.8) is 0 Å². The smallest absolute Gasteiger partial charge is 0.180 e. The van der Waals surface area contributed by atoms with Crippen LogP contribution in [0.5, 0.6) is 0 Å². The third kappa shape index (κ3) is 2.57. The molecule has 0 amide bonds. The second-order valence-corrected chi connectivity index (χ2v) is 4.88. The van der Waals surface area contributed by atoms with Gasteiger partial charge in [0.15, 0.2) is 5.78 Å². The molecule has 1 heterocycles. The largest absolute Gasteiger partial charge is 0.293 e. The Kier molecular flexibility index (Phi) is 4.04. The molecule has 6 heteroatoms. The van der Waals surface area contributed by atoms with Gasteiger partial charge in [-0.15, -0.1) is 5.10 Å². The molecule has 0 N–H and O–H groups in total. The van der Waals surface area contributed by atoms with Gasteiger partial charge in [-0.05, 0) is 29.6 Å². The average molecular weight is 285 g/mol. The maximum atomic E-state index is 13.7. The molecule has 1 aromatic heterocycles. The molecule has 0 aliphatic heterocycles. The number of halogens is 2. The third-order valence-electron chi connectivity index (χ3n) is 2.53. The maximum Gasteiger partial charge on any atom is 0.180 e. The van der Waals surface area contributed by atoms with Crippen LogP contribution in [0.25, 0.3) is 0 Å². The molecule has 3 nitrogen and oxygen atoms in total. The fourth-order valence-electron chi connectivity index (χ4n) is 1.59. The number of ketones is 1. The zero-order valence-corrected chi connectivity index (χ0v) is 11.2. The lowest BCUT2D eigenvalue weighted by atomic mass is 10.1. The molecule has 0 unspecified atom stereocenters. The summed E-state index contributed by atoms with van der Waals surface area (Å²) in [5.41, 5.74) is 0.954. The molecule has 2 rings (SSSR count). The number of nitrogens with zero attached hydrogens (tertiary/aromatic N) is 2. The monoisotopic (exact) mass is 284 g/mol. The number of Topliss-reactive ketones (excluding diaryl/α,β-unsaturated/α-hetero) is 1. The Bertz CT molecular complexity index is 585. The fraction of sp³-hybridized carbons (Fsp3) is 0.250. The summed E-state index contributed by atoms with van der Waals surface area (Å²) >= 11 is 6.72. The molecule has 0 atom stereocenters. The summed E-state index contributed by atoms with van der Waals surface area (Å²) in [4.78, 5) is 12.5. The van der Waals surface area contributed by atoms with E-state index in [0.29, 0.717) is 22.6 Å². The van der Waals surface area contributed by atoms with Crippen molar-refractivity contribution in [3.05, 3.63) is 45.2 Å². The highest BCUT2D eigenvalue weighted by Crippen LogP contribution is 2.21. The third-order valence-corrected chi connectivity index (χ3v) is 3.63. The summed E-state index contributed by atoms with van der Waals surface area (Å²) in [7, 11) is 0. The molecule has 0 aliphatic rings. The number of hydrogen-bond donors (Lipinski definition) is 0. The van der Waals surface area contributed by atoms with Gasteiger partial charge in [0.25, 0.3) is 0 Å². The van der Waals surface area contributed by atoms with Crippen molar-refractivity contribution in [1.29, 1.82) is 0 Å². The van der Waals surface area contributed by atoms with Gasteiger partial charge in [0.2, 0.25) is 0 Å². The zero-order chi connectivity index (χ0) is 13.1. The van der Waals surface area contributed by atoms with Crippen LogP contribution in [0.3, 0.4) is 0 Å². The SMILES string of the molecule is CCc1nnsc1C(=O)Cc1cccc(Cl)c1F. The molecule has 1 aromatic carbocycles. The van der Waals surface area contributed by atoms with E-state index in [0.717, 1.165) is 11.5 Å². The first-order valence-corrected chi connectivity index (χ1v) is 6.56. The number of carbonyl (C=O) groups excluding carboxylic acids is 1. The van der Waals surface area contributed by atoms with Crippen molar-refractivity contribution in [1.82, 2.24) is 9.59 Å². The summed E-state index contributed by atoms with van der Waals surface area (Å²) in [6.07, 6.45) is 0.610. The van der Waals surface area contributed by atoms with Crippen molar-refractivity contribution in [2.75, 3.05) is 0 Å². The first-order valence-electron chi connectivity index (χ1n) is 5.40. The molecule has 94 valence electrons. The average Bonchev–Trinajstić information content (AvgIpc) is 2.83. The van der Waals surface area contributed by atoms with Crippen molar-refractivity contribution >= 4 is 28.9 Å². The number of aryl methyl sites for hydroxylation is 1. The highest BCUT2D eigenvalue weighted by molar-refractivity contribution is 7.08. The van der Waals surface area contributed by atoms with Gasteiger partial charge in [0.05, 0.1) is 10.7 Å². The van der Waals surface area contributed by atoms with Crippen molar-refractivity contribution < 1.29 is 9.18 Å². The van der Waals surface area contributed by atoms with Crippen LogP contribution in [0.15, 0.2) is 18.2 Å². The second kappa shape index (κ2) is 5.54. The van der Waals surface area contributed by atoms with Gasteiger partial charge in [-0.3, -0.25) is 4.79 Å². The molecule has 0 fully saturated rings. The van der Waals surface area contributed by atoms with Gasteiger partial charge < -0.3 is 0 Å². The Morgan fingerprint density at radius 3 is 3.00 bits per heavy atom. The lowest BCUT2D eigenvalue weighted by Crippen LogP contribution is -2.06. The van der Waals surface area contributed by atoms with Crippen LogP contribution in [0.2, 0.25) is 5.02 Å². The predicted molar refractivity (Wildman–Crippen MR) is 68.7 cm³/mol. The second-order valence-electron chi connectivity index (χ2n) is 3.72. The van der Waals surface area contributed by atoms with Gasteiger partial charge in [0.1, 0.15) is 10.7 Å². The van der Waals surface area contributed by atoms with E-state index in [9.17, 15) is 9.18 Å². The number of aromatic nitrogens is 2. The molecule has 0 saturated carbocycles. The van der Waals surface area contributed by atoms with Crippen molar-refractivity contribution in [2.24, 2.45) is 0 Å². The van der Waals surface area contributed by atoms with Gasteiger partial charge in [-0.2, -0.15) is 0 Å². The highest BCUT2D eigenvalue weighted by Gasteiger charge is 2.17. The molecule has 2 aromatic rings. The Morgan fingerprint density at radius 2 is 2.28 bits per heavy atom. The molecule has 18 heavy (non-hydrogen) atoms. The van der Waals surface area contributed by atoms with E-state index in [1.54, 1.807) is 12.1 Å². The van der Waals surface area contributed by atoms with E-state index in [4.69, 9.17) is 11.6 Å². The Labute approximate surface area is 113 Å². The Hall–Kier alpha value is -1.33. The van der Waals surface area contributed by atoms with E-state index in [1.165, 1.54) is 6.07 Å². The van der Waals surface area contributed by atoms with E-state index in [-0.39, 0.29) is 17.2 Å². The maximum absolute atomic E-state index is 13.7. The fourth-order valence-corrected chi connectivity index (χ4v) is 2.47. The summed E-state index contributed by atoms with van der Waals surface area (Å²) in [5.74, 6) is -0.717. The molecule has 0 aliphatic carbocycles. The van der Waals surface area contributed by atoms with Crippen molar-refractivity contribution in [2.45, 2.75) is 19.8 Å². The summed E-state index contributed by atoms with van der Waals surface area (Å²) in [5, 5.41) is 3.89. The van der Waals surface area contributed by atoms with Crippen molar-refractivity contribution in [3.8, 4) is 0 Å². The Morgan fingerprint density at radius 1 is 1.50 bits per heavy atom. The van der Waals surface area contributed by atoms with Crippen LogP contribution in [0.4, 0.5) is 4.39 Å². The van der Waals surface area contributed by atoms with Gasteiger partial charge >= 0.3 is 0 Å². The number of hydrogen-bond acceptors (Lipinski definition) is 4. The molecule has 0 radical (unpaired) electrons. The number of carbonyl (C=O) groups is 1. The quantitative estimate of drug-likeness (QED) is 0.809. The Balaban J connectivity index is 2.24. The minimum atomic E-state index is -0.539. The molecule has 0 saturated heterocycles. The first-order chi connectivity index (χ1) is 8.63. The van der Waals surface area contributed by atoms with E-state index in [1.807, 2.05) is 6.92 Å². The van der Waals surface area contributed by atoms with E-state index >= 15 is 0 Å². The molecular weight excluding hydrogens is 275 g/mol. The molecule has 0 bridgehead atoms. The van der Waals surface area contributed by atoms with E-state index in [2.05, 4.69) is 9.59 Å². The summed E-state index contributed by atoms with van der Waals surface area (Å²) in [6.45, 7) is 1.90. The molecule has 0 spiro atoms. The van der Waals surface area contributed by atoms with Gasteiger partial charge in [-0.25, -0.2) is 4.39 Å².